The molecule has 0 spiro atoms. The van der Waals surface area contributed by atoms with E-state index in [-0.39, 0.29) is 5.54 Å². The Labute approximate surface area is 124 Å². The number of likely N-dealkylation sites (tertiary alicyclic amines) is 1. The molecule has 0 saturated carbocycles. The summed E-state index contributed by atoms with van der Waals surface area (Å²) >= 11 is 0. The second-order valence-corrected chi connectivity index (χ2v) is 6.56. The molecule has 1 atom stereocenters. The number of hydrogen-bond donors (Lipinski definition) is 0. The molecule has 1 aromatic rings. The van der Waals surface area contributed by atoms with Crippen molar-refractivity contribution in [3.63, 3.8) is 0 Å². The van der Waals surface area contributed by atoms with Crippen molar-refractivity contribution in [3.8, 4) is 0 Å². The maximum atomic E-state index is 6.04. The Balaban J connectivity index is 1.93. The molecule has 2 nitrogen and oxygen atoms in total. The predicted octanol–water partition coefficient (Wildman–Crippen LogP) is 4.25. The van der Waals surface area contributed by atoms with Crippen molar-refractivity contribution in [2.45, 2.75) is 64.6 Å². The van der Waals surface area contributed by atoms with Gasteiger partial charge in [-0.3, -0.25) is 4.90 Å². The van der Waals surface area contributed by atoms with Gasteiger partial charge in [0, 0.05) is 25.2 Å². The van der Waals surface area contributed by atoms with Crippen LogP contribution in [0.25, 0.3) is 0 Å². The zero-order valence-electron chi connectivity index (χ0n) is 13.3. The summed E-state index contributed by atoms with van der Waals surface area (Å²) in [7, 11) is 0. The Morgan fingerprint density at radius 3 is 2.70 bits per heavy atom. The molecule has 1 unspecified atom stereocenters. The van der Waals surface area contributed by atoms with E-state index in [1.54, 1.807) is 0 Å². The Bertz CT molecular complexity index is 388. The van der Waals surface area contributed by atoms with E-state index in [1.165, 1.54) is 31.2 Å². The van der Waals surface area contributed by atoms with Crippen molar-refractivity contribution in [1.29, 1.82) is 0 Å². The molecule has 20 heavy (non-hydrogen) atoms. The van der Waals surface area contributed by atoms with Crippen LogP contribution in [0.1, 0.15) is 52.0 Å². The molecule has 2 rings (SSSR count). The number of ether oxygens (including phenoxy) is 1. The maximum absolute atomic E-state index is 6.04. The van der Waals surface area contributed by atoms with Crippen LogP contribution >= 0.6 is 0 Å². The topological polar surface area (TPSA) is 12.5 Å². The van der Waals surface area contributed by atoms with E-state index >= 15 is 0 Å². The quantitative estimate of drug-likeness (QED) is 0.720. The maximum Gasteiger partial charge on any atom is 0.0703 e. The second kappa shape index (κ2) is 7.24. The van der Waals surface area contributed by atoms with Crippen molar-refractivity contribution < 1.29 is 4.74 Å². The van der Waals surface area contributed by atoms with Gasteiger partial charge in [-0.2, -0.15) is 0 Å². The second-order valence-electron chi connectivity index (χ2n) is 6.56. The van der Waals surface area contributed by atoms with Crippen LogP contribution < -0.4 is 0 Å². The van der Waals surface area contributed by atoms with Crippen LogP contribution in [0, 0.1) is 0 Å². The third kappa shape index (κ3) is 4.32. The van der Waals surface area contributed by atoms with Gasteiger partial charge in [0.05, 0.1) is 6.10 Å². The molecule has 1 aliphatic rings. The average Bonchev–Trinajstić information content (AvgIpc) is 2.44. The molecular formula is C18H29NO. The van der Waals surface area contributed by atoms with Gasteiger partial charge < -0.3 is 4.74 Å². The van der Waals surface area contributed by atoms with Crippen LogP contribution in [0.4, 0.5) is 0 Å². The van der Waals surface area contributed by atoms with Gasteiger partial charge in [0.2, 0.25) is 0 Å². The van der Waals surface area contributed by atoms with Crippen molar-refractivity contribution >= 4 is 0 Å². The summed E-state index contributed by atoms with van der Waals surface area (Å²) < 4.78 is 6.04. The average molecular weight is 275 g/mol. The van der Waals surface area contributed by atoms with Crippen molar-refractivity contribution in [2.75, 3.05) is 13.2 Å². The number of benzene rings is 1. The molecule has 0 N–H and O–H groups in total. The van der Waals surface area contributed by atoms with Gasteiger partial charge in [-0.1, -0.05) is 43.7 Å². The first kappa shape index (κ1) is 15.5. The lowest BCUT2D eigenvalue weighted by atomic mass is 9.88. The van der Waals surface area contributed by atoms with Gasteiger partial charge in [0.25, 0.3) is 0 Å². The van der Waals surface area contributed by atoms with Crippen LogP contribution in [0.2, 0.25) is 0 Å². The number of rotatable bonds is 6. The minimum Gasteiger partial charge on any atom is -0.377 e. The highest BCUT2D eigenvalue weighted by molar-refractivity contribution is 5.15. The van der Waals surface area contributed by atoms with Crippen LogP contribution in [0.3, 0.4) is 0 Å². The summed E-state index contributed by atoms with van der Waals surface area (Å²) in [6.45, 7) is 9.94. The fourth-order valence-corrected chi connectivity index (χ4v) is 2.87. The lowest BCUT2D eigenvalue weighted by Crippen LogP contribution is -2.52. The lowest BCUT2D eigenvalue weighted by molar-refractivity contribution is -0.0492. The number of hydrogen-bond acceptors (Lipinski definition) is 2. The molecule has 0 aromatic heterocycles. The SMILES string of the molecule is CCCCOC1CCC(C)(C)N(Cc2ccccc2)C1. The first-order chi connectivity index (χ1) is 9.62. The fourth-order valence-electron chi connectivity index (χ4n) is 2.87. The van der Waals surface area contributed by atoms with Gasteiger partial charge in [0.15, 0.2) is 0 Å². The largest absolute Gasteiger partial charge is 0.377 e. The van der Waals surface area contributed by atoms with Gasteiger partial charge in [-0.05, 0) is 38.7 Å². The van der Waals surface area contributed by atoms with Crippen LogP contribution in [0.15, 0.2) is 30.3 Å². The molecule has 1 saturated heterocycles. The standard InChI is InChI=1S/C18H29NO/c1-4-5-13-20-17-11-12-18(2,3)19(15-17)14-16-9-7-6-8-10-16/h6-10,17H,4-5,11-15H2,1-3H3. The van der Waals surface area contributed by atoms with Gasteiger partial charge in [-0.25, -0.2) is 0 Å². The molecule has 0 radical (unpaired) electrons. The van der Waals surface area contributed by atoms with Gasteiger partial charge in [0.1, 0.15) is 0 Å². The van der Waals surface area contributed by atoms with E-state index < -0.39 is 0 Å². The Morgan fingerprint density at radius 1 is 1.25 bits per heavy atom. The van der Waals surface area contributed by atoms with Gasteiger partial charge >= 0.3 is 0 Å². The number of nitrogens with zero attached hydrogens (tertiary/aromatic N) is 1. The fraction of sp³-hybridized carbons (Fsp3) is 0.667. The summed E-state index contributed by atoms with van der Waals surface area (Å²) in [5.41, 5.74) is 1.68. The molecule has 1 aliphatic heterocycles. The normalized spacial score (nSPS) is 22.9. The number of piperidine rings is 1. The Morgan fingerprint density at radius 2 is 2.00 bits per heavy atom. The highest BCUT2D eigenvalue weighted by atomic mass is 16.5. The molecule has 0 amide bonds. The monoisotopic (exact) mass is 275 g/mol. The summed E-state index contributed by atoms with van der Waals surface area (Å²) in [6.07, 6.45) is 5.22. The minimum atomic E-state index is 0.278. The third-order valence-corrected chi connectivity index (χ3v) is 4.43. The predicted molar refractivity (Wildman–Crippen MR) is 84.8 cm³/mol. The highest BCUT2D eigenvalue weighted by Crippen LogP contribution is 2.30. The molecule has 112 valence electrons. The molecule has 0 bridgehead atoms. The molecular weight excluding hydrogens is 246 g/mol. The van der Waals surface area contributed by atoms with E-state index in [9.17, 15) is 0 Å². The van der Waals surface area contributed by atoms with Crippen molar-refractivity contribution in [3.05, 3.63) is 35.9 Å². The molecule has 1 aromatic carbocycles. The van der Waals surface area contributed by atoms with Crippen LogP contribution in [0.5, 0.6) is 0 Å². The van der Waals surface area contributed by atoms with Crippen LogP contribution in [-0.4, -0.2) is 29.7 Å². The first-order valence-corrected chi connectivity index (χ1v) is 8.02. The third-order valence-electron chi connectivity index (χ3n) is 4.43. The van der Waals surface area contributed by atoms with E-state index in [4.69, 9.17) is 4.74 Å². The molecule has 1 fully saturated rings. The first-order valence-electron chi connectivity index (χ1n) is 8.02. The van der Waals surface area contributed by atoms with Crippen molar-refractivity contribution in [2.24, 2.45) is 0 Å². The van der Waals surface area contributed by atoms with E-state index in [1.807, 2.05) is 0 Å². The number of unbranched alkanes of at least 4 members (excludes halogenated alkanes) is 1. The smallest absolute Gasteiger partial charge is 0.0703 e. The van der Waals surface area contributed by atoms with Crippen molar-refractivity contribution in [1.82, 2.24) is 4.90 Å². The molecule has 1 heterocycles. The minimum absolute atomic E-state index is 0.278. The van der Waals surface area contributed by atoms with E-state index in [0.717, 1.165) is 19.7 Å². The summed E-state index contributed by atoms with van der Waals surface area (Å²) in [6, 6.07) is 10.8. The Hall–Kier alpha value is -0.860. The Kier molecular flexibility index (Phi) is 5.62. The zero-order valence-corrected chi connectivity index (χ0v) is 13.3. The summed E-state index contributed by atoms with van der Waals surface area (Å²) in [5.74, 6) is 0. The zero-order chi connectivity index (χ0) is 14.4. The highest BCUT2D eigenvalue weighted by Gasteiger charge is 2.34. The van der Waals surface area contributed by atoms with E-state index in [2.05, 4.69) is 56.0 Å². The summed E-state index contributed by atoms with van der Waals surface area (Å²) in [5, 5.41) is 0. The van der Waals surface area contributed by atoms with Gasteiger partial charge in [-0.15, -0.1) is 0 Å². The molecule has 0 aliphatic carbocycles. The lowest BCUT2D eigenvalue weighted by Gasteiger charge is -2.45. The summed E-state index contributed by atoms with van der Waals surface area (Å²) in [4.78, 5) is 2.59. The van der Waals surface area contributed by atoms with Crippen LogP contribution in [-0.2, 0) is 11.3 Å². The van der Waals surface area contributed by atoms with E-state index in [0.29, 0.717) is 6.10 Å². The molecule has 2 heteroatoms.